The average molecular weight is 228 g/mol. The standard InChI is InChI=1S/C11H14ClNS/c1-8(6-12)7-14-11-5-3-4-10(13)9(11)2/h3-6H,7,13H2,1-2H3/b8-6-. The van der Waals surface area contributed by atoms with Crippen LogP contribution in [0.1, 0.15) is 12.5 Å². The fourth-order valence-corrected chi connectivity index (χ4v) is 2.16. The van der Waals surface area contributed by atoms with E-state index in [0.717, 1.165) is 17.0 Å². The quantitative estimate of drug-likeness (QED) is 0.628. The summed E-state index contributed by atoms with van der Waals surface area (Å²) in [5, 5.41) is 0. The first-order chi connectivity index (χ1) is 6.65. The highest BCUT2D eigenvalue weighted by atomic mass is 35.5. The van der Waals surface area contributed by atoms with E-state index >= 15 is 0 Å². The van der Waals surface area contributed by atoms with Gasteiger partial charge < -0.3 is 5.73 Å². The first-order valence-electron chi connectivity index (χ1n) is 4.39. The highest BCUT2D eigenvalue weighted by molar-refractivity contribution is 7.99. The molecule has 0 aromatic heterocycles. The van der Waals surface area contributed by atoms with Crippen LogP contribution in [0.15, 0.2) is 34.2 Å². The molecule has 0 aliphatic heterocycles. The predicted molar refractivity (Wildman–Crippen MR) is 65.9 cm³/mol. The average Bonchev–Trinajstić information content (AvgIpc) is 2.20. The van der Waals surface area contributed by atoms with Gasteiger partial charge >= 0.3 is 0 Å². The van der Waals surface area contributed by atoms with Crippen molar-refractivity contribution in [2.75, 3.05) is 11.5 Å². The van der Waals surface area contributed by atoms with Crippen molar-refractivity contribution in [2.45, 2.75) is 18.7 Å². The van der Waals surface area contributed by atoms with Gasteiger partial charge in [0, 0.05) is 21.9 Å². The molecule has 1 aromatic carbocycles. The number of benzene rings is 1. The summed E-state index contributed by atoms with van der Waals surface area (Å²) in [5.74, 6) is 0.911. The van der Waals surface area contributed by atoms with Gasteiger partial charge in [-0.15, -0.1) is 11.8 Å². The Morgan fingerprint density at radius 2 is 2.29 bits per heavy atom. The maximum absolute atomic E-state index is 5.81. The summed E-state index contributed by atoms with van der Waals surface area (Å²) >= 11 is 7.35. The van der Waals surface area contributed by atoms with Crippen molar-refractivity contribution in [2.24, 2.45) is 0 Å². The summed E-state index contributed by atoms with van der Waals surface area (Å²) in [5.41, 5.74) is 10.6. The monoisotopic (exact) mass is 227 g/mol. The van der Waals surface area contributed by atoms with Gasteiger partial charge in [-0.05, 0) is 31.5 Å². The molecule has 1 aromatic rings. The Hall–Kier alpha value is -0.600. The lowest BCUT2D eigenvalue weighted by molar-refractivity contribution is 1.30. The normalized spacial score (nSPS) is 11.8. The maximum atomic E-state index is 5.81. The molecule has 0 spiro atoms. The molecule has 0 amide bonds. The van der Waals surface area contributed by atoms with Crippen LogP contribution in [0.3, 0.4) is 0 Å². The Bertz CT molecular complexity index is 347. The molecule has 0 heterocycles. The Morgan fingerprint density at radius 1 is 1.57 bits per heavy atom. The van der Waals surface area contributed by atoms with E-state index in [1.165, 1.54) is 10.5 Å². The summed E-state index contributed by atoms with van der Waals surface area (Å²) in [4.78, 5) is 1.22. The van der Waals surface area contributed by atoms with Crippen LogP contribution in [0.4, 0.5) is 5.69 Å². The number of hydrogen-bond donors (Lipinski definition) is 1. The molecule has 1 rings (SSSR count). The van der Waals surface area contributed by atoms with Crippen molar-refractivity contribution in [3.05, 3.63) is 34.9 Å². The van der Waals surface area contributed by atoms with Crippen LogP contribution in [0.5, 0.6) is 0 Å². The second-order valence-corrected chi connectivity index (χ2v) is 4.45. The van der Waals surface area contributed by atoms with Gasteiger partial charge in [-0.2, -0.15) is 0 Å². The van der Waals surface area contributed by atoms with E-state index in [4.69, 9.17) is 17.3 Å². The number of thioether (sulfide) groups is 1. The second kappa shape index (κ2) is 5.32. The van der Waals surface area contributed by atoms with Gasteiger partial charge in [0.2, 0.25) is 0 Å². The van der Waals surface area contributed by atoms with Crippen LogP contribution in [0.25, 0.3) is 0 Å². The van der Waals surface area contributed by atoms with Gasteiger partial charge in [-0.25, -0.2) is 0 Å². The van der Waals surface area contributed by atoms with Crippen LogP contribution in [0, 0.1) is 6.92 Å². The number of anilines is 1. The Balaban J connectivity index is 2.73. The zero-order valence-electron chi connectivity index (χ0n) is 8.38. The molecule has 1 nitrogen and oxygen atoms in total. The molecule has 0 bridgehead atoms. The lowest BCUT2D eigenvalue weighted by Gasteiger charge is -2.07. The molecule has 0 radical (unpaired) electrons. The van der Waals surface area contributed by atoms with Crippen LogP contribution in [-0.4, -0.2) is 5.75 Å². The summed E-state index contributed by atoms with van der Waals surface area (Å²) in [6.07, 6.45) is 0. The van der Waals surface area contributed by atoms with E-state index in [1.807, 2.05) is 26.0 Å². The number of nitrogens with two attached hydrogens (primary N) is 1. The molecule has 3 heteroatoms. The largest absolute Gasteiger partial charge is 0.398 e. The molecule has 0 fully saturated rings. The first kappa shape index (κ1) is 11.5. The summed E-state index contributed by atoms with van der Waals surface area (Å²) in [6, 6.07) is 5.98. The van der Waals surface area contributed by atoms with Crippen molar-refractivity contribution >= 4 is 29.1 Å². The van der Waals surface area contributed by atoms with E-state index in [9.17, 15) is 0 Å². The Labute approximate surface area is 94.3 Å². The molecule has 2 N–H and O–H groups in total. The number of rotatable bonds is 3. The van der Waals surface area contributed by atoms with E-state index in [1.54, 1.807) is 17.3 Å². The minimum atomic E-state index is 0.850. The van der Waals surface area contributed by atoms with Crippen molar-refractivity contribution < 1.29 is 0 Å². The van der Waals surface area contributed by atoms with Crippen LogP contribution < -0.4 is 5.73 Å². The van der Waals surface area contributed by atoms with Gasteiger partial charge in [0.05, 0.1) is 0 Å². The Morgan fingerprint density at radius 3 is 2.93 bits per heavy atom. The van der Waals surface area contributed by atoms with Crippen LogP contribution in [-0.2, 0) is 0 Å². The third-order valence-electron chi connectivity index (χ3n) is 1.97. The summed E-state index contributed by atoms with van der Waals surface area (Å²) < 4.78 is 0. The first-order valence-corrected chi connectivity index (χ1v) is 5.81. The molecular formula is C11H14ClNS. The molecule has 0 aliphatic carbocycles. The number of nitrogen functional groups attached to an aromatic ring is 1. The molecule has 0 atom stereocenters. The van der Waals surface area contributed by atoms with E-state index in [-0.39, 0.29) is 0 Å². The lowest BCUT2D eigenvalue weighted by Crippen LogP contribution is -1.91. The van der Waals surface area contributed by atoms with Crippen LogP contribution >= 0.6 is 23.4 Å². The minimum Gasteiger partial charge on any atom is -0.398 e. The highest BCUT2D eigenvalue weighted by Crippen LogP contribution is 2.27. The van der Waals surface area contributed by atoms with Crippen molar-refractivity contribution in [3.63, 3.8) is 0 Å². The van der Waals surface area contributed by atoms with E-state index in [0.29, 0.717) is 0 Å². The summed E-state index contributed by atoms with van der Waals surface area (Å²) in [7, 11) is 0. The predicted octanol–water partition coefficient (Wildman–Crippen LogP) is 3.81. The van der Waals surface area contributed by atoms with Crippen molar-refractivity contribution in [1.29, 1.82) is 0 Å². The molecule has 0 unspecified atom stereocenters. The molecule has 0 saturated carbocycles. The lowest BCUT2D eigenvalue weighted by atomic mass is 10.2. The zero-order valence-corrected chi connectivity index (χ0v) is 9.95. The minimum absolute atomic E-state index is 0.850. The Kier molecular flexibility index (Phi) is 4.36. The third-order valence-corrected chi connectivity index (χ3v) is 3.69. The van der Waals surface area contributed by atoms with Crippen molar-refractivity contribution in [3.8, 4) is 0 Å². The molecule has 0 aliphatic rings. The van der Waals surface area contributed by atoms with Gasteiger partial charge in [-0.1, -0.05) is 23.2 Å². The van der Waals surface area contributed by atoms with Gasteiger partial charge in [0.15, 0.2) is 0 Å². The number of hydrogen-bond acceptors (Lipinski definition) is 2. The van der Waals surface area contributed by atoms with Gasteiger partial charge in [0.1, 0.15) is 0 Å². The fourth-order valence-electron chi connectivity index (χ4n) is 1.01. The van der Waals surface area contributed by atoms with Gasteiger partial charge in [-0.3, -0.25) is 0 Å². The molecule has 0 saturated heterocycles. The molecular weight excluding hydrogens is 214 g/mol. The fraction of sp³-hybridized carbons (Fsp3) is 0.273. The maximum Gasteiger partial charge on any atom is 0.0354 e. The summed E-state index contributed by atoms with van der Waals surface area (Å²) in [6.45, 7) is 4.05. The molecule has 14 heavy (non-hydrogen) atoms. The van der Waals surface area contributed by atoms with Crippen molar-refractivity contribution in [1.82, 2.24) is 0 Å². The third kappa shape index (κ3) is 2.96. The number of halogens is 1. The van der Waals surface area contributed by atoms with E-state index < -0.39 is 0 Å². The smallest absolute Gasteiger partial charge is 0.0354 e. The zero-order chi connectivity index (χ0) is 10.6. The van der Waals surface area contributed by atoms with E-state index in [2.05, 4.69) is 6.07 Å². The second-order valence-electron chi connectivity index (χ2n) is 3.21. The van der Waals surface area contributed by atoms with Crippen LogP contribution in [0.2, 0.25) is 0 Å². The topological polar surface area (TPSA) is 26.0 Å². The van der Waals surface area contributed by atoms with Gasteiger partial charge in [0.25, 0.3) is 0 Å². The highest BCUT2D eigenvalue weighted by Gasteiger charge is 2.01. The SMILES string of the molecule is C/C(=C/Cl)CSc1cccc(N)c1C. The molecule has 76 valence electrons.